The number of rotatable bonds is 6. The molecule has 2 aromatic carbocycles. The molecular formula is C25H25F6NO3. The second-order valence-electron chi connectivity index (χ2n) is 9.52. The molecule has 1 unspecified atom stereocenters. The van der Waals surface area contributed by atoms with Gasteiger partial charge in [-0.05, 0) is 60.2 Å². The van der Waals surface area contributed by atoms with Crippen molar-refractivity contribution in [1.82, 2.24) is 5.32 Å². The normalized spacial score (nSPS) is 22.8. The molecule has 1 saturated carbocycles. The molecule has 1 aliphatic carbocycles. The van der Waals surface area contributed by atoms with E-state index in [1.165, 1.54) is 0 Å². The minimum atomic E-state index is -4.76. The molecule has 1 atom stereocenters. The zero-order valence-electron chi connectivity index (χ0n) is 18.9. The summed E-state index contributed by atoms with van der Waals surface area (Å²) in [6.07, 6.45) is -6.62. The Morgan fingerprint density at radius 2 is 1.83 bits per heavy atom. The molecule has 2 aliphatic rings. The Morgan fingerprint density at radius 3 is 2.46 bits per heavy atom. The van der Waals surface area contributed by atoms with Crippen LogP contribution >= 0.6 is 0 Å². The summed E-state index contributed by atoms with van der Waals surface area (Å²) >= 11 is 0. The molecule has 1 aliphatic heterocycles. The maximum absolute atomic E-state index is 13.3. The van der Waals surface area contributed by atoms with Crippen LogP contribution in [-0.2, 0) is 36.5 Å². The average Bonchev–Trinajstić information content (AvgIpc) is 2.74. The number of ether oxygens (including phenoxy) is 1. The first-order chi connectivity index (χ1) is 16.3. The highest BCUT2D eigenvalue weighted by Gasteiger charge is 2.48. The lowest BCUT2D eigenvalue weighted by atomic mass is 9.70. The fourth-order valence-corrected chi connectivity index (χ4v) is 4.83. The highest BCUT2D eigenvalue weighted by Crippen LogP contribution is 2.46. The average molecular weight is 501 g/mol. The van der Waals surface area contributed by atoms with Gasteiger partial charge in [-0.3, -0.25) is 4.79 Å². The van der Waals surface area contributed by atoms with E-state index in [0.717, 1.165) is 24.0 Å². The summed E-state index contributed by atoms with van der Waals surface area (Å²) in [6.45, 7) is 1.29. The summed E-state index contributed by atoms with van der Waals surface area (Å²) in [6, 6.07) is 6.94. The molecule has 0 aromatic heterocycles. The SMILES string of the molecule is CC(Cc1ccc2c(c1)OC1(CC2)CC(NCc2cc(C(F)(F)F)ccc2C(F)(F)F)C1)C(=O)O. The Kier molecular flexibility index (Phi) is 6.54. The van der Waals surface area contributed by atoms with Crippen LogP contribution in [0.15, 0.2) is 36.4 Å². The topological polar surface area (TPSA) is 58.6 Å². The van der Waals surface area contributed by atoms with Crippen LogP contribution in [0.3, 0.4) is 0 Å². The predicted molar refractivity (Wildman–Crippen MR) is 115 cm³/mol. The number of benzene rings is 2. The van der Waals surface area contributed by atoms with Gasteiger partial charge in [0, 0.05) is 25.4 Å². The Morgan fingerprint density at radius 1 is 1.11 bits per heavy atom. The van der Waals surface area contributed by atoms with Crippen molar-refractivity contribution >= 4 is 5.97 Å². The van der Waals surface area contributed by atoms with Crippen molar-refractivity contribution in [3.8, 4) is 5.75 Å². The van der Waals surface area contributed by atoms with E-state index in [-0.39, 0.29) is 12.6 Å². The second kappa shape index (κ2) is 9.04. The molecule has 190 valence electrons. The van der Waals surface area contributed by atoms with Gasteiger partial charge < -0.3 is 15.2 Å². The van der Waals surface area contributed by atoms with Gasteiger partial charge in [0.25, 0.3) is 0 Å². The highest BCUT2D eigenvalue weighted by molar-refractivity contribution is 5.70. The van der Waals surface area contributed by atoms with Crippen LogP contribution in [0.1, 0.15) is 54.0 Å². The van der Waals surface area contributed by atoms with E-state index in [0.29, 0.717) is 43.2 Å². The number of carbonyl (C=O) groups is 1. The third kappa shape index (κ3) is 5.58. The number of aryl methyl sites for hydroxylation is 1. The lowest BCUT2D eigenvalue weighted by molar-refractivity contribution is -0.142. The number of fused-ring (bicyclic) bond motifs is 1. The third-order valence-corrected chi connectivity index (χ3v) is 6.83. The highest BCUT2D eigenvalue weighted by atomic mass is 19.4. The van der Waals surface area contributed by atoms with Crippen LogP contribution in [0.25, 0.3) is 0 Å². The zero-order chi connectivity index (χ0) is 25.6. The molecule has 1 fully saturated rings. The van der Waals surface area contributed by atoms with Crippen LogP contribution in [-0.4, -0.2) is 22.7 Å². The fourth-order valence-electron chi connectivity index (χ4n) is 4.83. The Hall–Kier alpha value is -2.75. The van der Waals surface area contributed by atoms with Crippen molar-refractivity contribution in [1.29, 1.82) is 0 Å². The second-order valence-corrected chi connectivity index (χ2v) is 9.52. The first-order valence-corrected chi connectivity index (χ1v) is 11.3. The van der Waals surface area contributed by atoms with E-state index in [1.807, 2.05) is 18.2 Å². The number of halogens is 6. The summed E-state index contributed by atoms with van der Waals surface area (Å²) in [5.74, 6) is -0.746. The minimum absolute atomic E-state index is 0.192. The van der Waals surface area contributed by atoms with E-state index in [9.17, 15) is 31.1 Å². The molecular weight excluding hydrogens is 476 g/mol. The van der Waals surface area contributed by atoms with Crippen LogP contribution in [0, 0.1) is 5.92 Å². The molecule has 1 spiro atoms. The fraction of sp³-hybridized carbons (Fsp3) is 0.480. The molecule has 4 rings (SSSR count). The van der Waals surface area contributed by atoms with Gasteiger partial charge in [-0.2, -0.15) is 26.3 Å². The van der Waals surface area contributed by atoms with Gasteiger partial charge in [0.1, 0.15) is 11.4 Å². The maximum atomic E-state index is 13.3. The van der Waals surface area contributed by atoms with Crippen molar-refractivity contribution in [3.05, 3.63) is 64.2 Å². The van der Waals surface area contributed by atoms with Crippen molar-refractivity contribution in [3.63, 3.8) is 0 Å². The molecule has 0 amide bonds. The van der Waals surface area contributed by atoms with Gasteiger partial charge in [0.15, 0.2) is 0 Å². The summed E-state index contributed by atoms with van der Waals surface area (Å²) in [4.78, 5) is 11.1. The lowest BCUT2D eigenvalue weighted by Gasteiger charge is -2.50. The van der Waals surface area contributed by atoms with E-state index in [1.54, 1.807) is 6.92 Å². The van der Waals surface area contributed by atoms with E-state index in [2.05, 4.69) is 5.32 Å². The van der Waals surface area contributed by atoms with Gasteiger partial charge >= 0.3 is 18.3 Å². The molecule has 1 heterocycles. The molecule has 0 saturated heterocycles. The Balaban J connectivity index is 1.40. The summed E-state index contributed by atoms with van der Waals surface area (Å²) in [5, 5.41) is 12.1. The molecule has 2 aromatic rings. The van der Waals surface area contributed by atoms with E-state index in [4.69, 9.17) is 9.84 Å². The Bertz CT molecular complexity index is 1110. The van der Waals surface area contributed by atoms with Crippen molar-refractivity contribution in [2.24, 2.45) is 5.92 Å². The number of alkyl halides is 6. The van der Waals surface area contributed by atoms with Crippen LogP contribution in [0.2, 0.25) is 0 Å². The van der Waals surface area contributed by atoms with E-state index >= 15 is 0 Å². The molecule has 0 bridgehead atoms. The number of carboxylic acids is 1. The molecule has 35 heavy (non-hydrogen) atoms. The quantitative estimate of drug-likeness (QED) is 0.477. The monoisotopic (exact) mass is 501 g/mol. The van der Waals surface area contributed by atoms with Crippen molar-refractivity contribution in [2.75, 3.05) is 0 Å². The number of nitrogens with one attached hydrogen (secondary N) is 1. The first kappa shape index (κ1) is 25.3. The van der Waals surface area contributed by atoms with Gasteiger partial charge in [0.05, 0.1) is 17.0 Å². The van der Waals surface area contributed by atoms with E-state index < -0.39 is 46.5 Å². The van der Waals surface area contributed by atoms with Crippen LogP contribution in [0.4, 0.5) is 26.3 Å². The number of hydrogen-bond acceptors (Lipinski definition) is 3. The first-order valence-electron chi connectivity index (χ1n) is 11.3. The summed E-state index contributed by atoms with van der Waals surface area (Å²) < 4.78 is 85.3. The van der Waals surface area contributed by atoms with Gasteiger partial charge in [-0.15, -0.1) is 0 Å². The molecule has 4 nitrogen and oxygen atoms in total. The van der Waals surface area contributed by atoms with Gasteiger partial charge in [-0.1, -0.05) is 19.1 Å². The lowest BCUT2D eigenvalue weighted by Crippen LogP contribution is -2.58. The number of carboxylic acid groups (broad SMARTS) is 1. The maximum Gasteiger partial charge on any atom is 0.416 e. The molecule has 2 N–H and O–H groups in total. The summed E-state index contributed by atoms with van der Waals surface area (Å²) in [5.41, 5.74) is -1.28. The predicted octanol–water partition coefficient (Wildman–Crippen LogP) is 6.00. The summed E-state index contributed by atoms with van der Waals surface area (Å²) in [7, 11) is 0. The van der Waals surface area contributed by atoms with Gasteiger partial charge in [0.2, 0.25) is 0 Å². The molecule has 10 heteroatoms. The number of hydrogen-bond donors (Lipinski definition) is 2. The number of aliphatic carboxylic acids is 1. The Labute approximate surface area is 198 Å². The smallest absolute Gasteiger partial charge is 0.416 e. The van der Waals surface area contributed by atoms with Crippen LogP contribution < -0.4 is 10.1 Å². The van der Waals surface area contributed by atoms with Crippen molar-refractivity contribution < 1.29 is 41.0 Å². The van der Waals surface area contributed by atoms with Crippen molar-refractivity contribution in [2.45, 2.75) is 69.6 Å². The van der Waals surface area contributed by atoms with Gasteiger partial charge in [-0.25, -0.2) is 0 Å². The van der Waals surface area contributed by atoms with Crippen LogP contribution in [0.5, 0.6) is 5.75 Å². The largest absolute Gasteiger partial charge is 0.487 e. The molecule has 0 radical (unpaired) electrons. The minimum Gasteiger partial charge on any atom is -0.487 e. The zero-order valence-corrected chi connectivity index (χ0v) is 18.9. The third-order valence-electron chi connectivity index (χ3n) is 6.83. The standard InChI is InChI=1S/C25H25F6NO3/c1-14(22(33)34)8-15-2-3-16-6-7-23(35-21(16)9-15)11-19(12-23)32-13-17-10-18(24(26,27)28)4-5-20(17)25(29,30)31/h2-5,9-10,14,19,32H,6-8,11-13H2,1H3,(H,33,34).